The van der Waals surface area contributed by atoms with Gasteiger partial charge in [-0.05, 0) is 11.6 Å². The van der Waals surface area contributed by atoms with Gasteiger partial charge >= 0.3 is 5.97 Å². The summed E-state index contributed by atoms with van der Waals surface area (Å²) in [4.78, 5) is 10.9. The van der Waals surface area contributed by atoms with Gasteiger partial charge in [0, 0.05) is 11.0 Å². The van der Waals surface area contributed by atoms with E-state index in [0.29, 0.717) is 10.0 Å². The molecule has 2 rings (SSSR count). The van der Waals surface area contributed by atoms with Gasteiger partial charge < -0.3 is 9.84 Å². The number of hydrogen-bond donors (Lipinski definition) is 1. The molecule has 0 radical (unpaired) electrons. The largest absolute Gasteiger partial charge is 0.479 e. The fraction of sp³-hybridized carbons (Fsp3) is 0.417. The van der Waals surface area contributed by atoms with Crippen molar-refractivity contribution in [2.24, 2.45) is 0 Å². The molecule has 1 aliphatic rings. The Bertz CT molecular complexity index is 604. The number of hydrogen-bond acceptors (Lipinski definition) is 4. The fourth-order valence-electron chi connectivity index (χ4n) is 1.93. The SMILES string of the molecule is O=C(O)C1CN(S(=O)(=O)Cc2ccccc2Br)CCO1. The van der Waals surface area contributed by atoms with Gasteiger partial charge in [0.15, 0.2) is 6.10 Å². The molecule has 1 aromatic rings. The highest BCUT2D eigenvalue weighted by atomic mass is 79.9. The van der Waals surface area contributed by atoms with E-state index < -0.39 is 22.1 Å². The topological polar surface area (TPSA) is 83.9 Å². The average molecular weight is 364 g/mol. The van der Waals surface area contributed by atoms with Crippen LogP contribution in [-0.2, 0) is 25.3 Å². The van der Waals surface area contributed by atoms with Crippen LogP contribution in [0.2, 0.25) is 0 Å². The first-order valence-electron chi connectivity index (χ1n) is 5.96. The summed E-state index contributed by atoms with van der Waals surface area (Å²) in [6.07, 6.45) is -1.10. The third-order valence-electron chi connectivity index (χ3n) is 2.99. The van der Waals surface area contributed by atoms with E-state index in [4.69, 9.17) is 9.84 Å². The van der Waals surface area contributed by atoms with Gasteiger partial charge in [-0.3, -0.25) is 0 Å². The number of rotatable bonds is 4. The molecule has 0 bridgehead atoms. The van der Waals surface area contributed by atoms with Crippen molar-refractivity contribution in [3.63, 3.8) is 0 Å². The minimum atomic E-state index is -3.57. The lowest BCUT2D eigenvalue weighted by molar-refractivity contribution is -0.153. The predicted molar refractivity (Wildman–Crippen MR) is 75.7 cm³/mol. The first-order valence-corrected chi connectivity index (χ1v) is 8.36. The van der Waals surface area contributed by atoms with Crippen LogP contribution in [0.1, 0.15) is 5.56 Å². The van der Waals surface area contributed by atoms with Crippen LogP contribution in [0.4, 0.5) is 0 Å². The molecule has 6 nitrogen and oxygen atoms in total. The molecule has 1 fully saturated rings. The Morgan fingerprint density at radius 3 is 2.80 bits per heavy atom. The highest BCUT2D eigenvalue weighted by molar-refractivity contribution is 9.10. The van der Waals surface area contributed by atoms with Crippen LogP contribution in [-0.4, -0.2) is 49.6 Å². The molecule has 20 heavy (non-hydrogen) atoms. The van der Waals surface area contributed by atoms with Gasteiger partial charge in [-0.15, -0.1) is 0 Å². The number of aliphatic carboxylic acids is 1. The second-order valence-corrected chi connectivity index (χ2v) is 7.23. The van der Waals surface area contributed by atoms with E-state index in [2.05, 4.69) is 15.9 Å². The van der Waals surface area contributed by atoms with Gasteiger partial charge in [-0.1, -0.05) is 34.1 Å². The molecule has 1 N–H and O–H groups in total. The minimum absolute atomic E-state index is 0.0894. The maximum Gasteiger partial charge on any atom is 0.334 e. The normalized spacial score (nSPS) is 20.8. The molecule has 1 saturated heterocycles. The summed E-state index contributed by atoms with van der Waals surface area (Å²) in [6.45, 7) is 0.116. The maximum absolute atomic E-state index is 12.3. The molecular formula is C12H14BrNO5S. The number of benzene rings is 1. The summed E-state index contributed by atoms with van der Waals surface area (Å²) < 4.78 is 31.6. The molecule has 1 aliphatic heterocycles. The van der Waals surface area contributed by atoms with Crippen LogP contribution in [0.5, 0.6) is 0 Å². The fourth-order valence-corrected chi connectivity index (χ4v) is 4.08. The number of sulfonamides is 1. The van der Waals surface area contributed by atoms with Gasteiger partial charge in [0.2, 0.25) is 10.0 Å². The van der Waals surface area contributed by atoms with Crippen LogP contribution in [0.15, 0.2) is 28.7 Å². The molecule has 110 valence electrons. The molecule has 1 aromatic carbocycles. The molecule has 1 atom stereocenters. The summed E-state index contributed by atoms with van der Waals surface area (Å²) >= 11 is 3.31. The van der Waals surface area contributed by atoms with Crippen molar-refractivity contribution in [3.8, 4) is 0 Å². The smallest absolute Gasteiger partial charge is 0.334 e. The Balaban J connectivity index is 2.14. The van der Waals surface area contributed by atoms with Crippen LogP contribution in [0.3, 0.4) is 0 Å². The van der Waals surface area contributed by atoms with E-state index in [1.165, 1.54) is 4.31 Å². The molecule has 1 unspecified atom stereocenters. The van der Waals surface area contributed by atoms with E-state index in [0.717, 1.165) is 0 Å². The molecule has 8 heteroatoms. The molecular weight excluding hydrogens is 350 g/mol. The second-order valence-electron chi connectivity index (χ2n) is 4.40. The zero-order valence-electron chi connectivity index (χ0n) is 10.5. The lowest BCUT2D eigenvalue weighted by Gasteiger charge is -2.30. The molecule has 0 aromatic heterocycles. The van der Waals surface area contributed by atoms with Gasteiger partial charge in [0.1, 0.15) is 0 Å². The summed E-state index contributed by atoms with van der Waals surface area (Å²) in [6, 6.07) is 7.05. The van der Waals surface area contributed by atoms with Crippen molar-refractivity contribution in [1.29, 1.82) is 0 Å². The Morgan fingerprint density at radius 1 is 1.45 bits per heavy atom. The van der Waals surface area contributed by atoms with Gasteiger partial charge in [0.05, 0.1) is 18.9 Å². The molecule has 0 amide bonds. The van der Waals surface area contributed by atoms with Gasteiger partial charge in [0.25, 0.3) is 0 Å². The molecule has 0 saturated carbocycles. The number of nitrogens with zero attached hydrogens (tertiary/aromatic N) is 1. The minimum Gasteiger partial charge on any atom is -0.479 e. The van der Waals surface area contributed by atoms with Gasteiger partial charge in [-0.2, -0.15) is 4.31 Å². The Kier molecular flexibility index (Phi) is 4.79. The molecule has 1 heterocycles. The lowest BCUT2D eigenvalue weighted by atomic mass is 10.2. The zero-order valence-corrected chi connectivity index (χ0v) is 12.9. The second kappa shape index (κ2) is 6.21. The van der Waals surface area contributed by atoms with Crippen LogP contribution >= 0.6 is 15.9 Å². The predicted octanol–water partition coefficient (Wildman–Crippen LogP) is 1.06. The lowest BCUT2D eigenvalue weighted by Crippen LogP contribution is -2.48. The van der Waals surface area contributed by atoms with Crippen molar-refractivity contribution in [3.05, 3.63) is 34.3 Å². The number of carboxylic acid groups (broad SMARTS) is 1. The number of morpholine rings is 1. The number of carbonyl (C=O) groups is 1. The first-order chi connectivity index (χ1) is 9.40. The van der Waals surface area contributed by atoms with Crippen molar-refractivity contribution >= 4 is 31.9 Å². The van der Waals surface area contributed by atoms with E-state index in [1.54, 1.807) is 24.3 Å². The number of halogens is 1. The Hall–Kier alpha value is -0.960. The number of ether oxygens (including phenoxy) is 1. The van der Waals surface area contributed by atoms with E-state index >= 15 is 0 Å². The third kappa shape index (κ3) is 3.57. The average Bonchev–Trinajstić information content (AvgIpc) is 2.41. The van der Waals surface area contributed by atoms with Crippen molar-refractivity contribution in [1.82, 2.24) is 4.31 Å². The number of carboxylic acids is 1. The van der Waals surface area contributed by atoms with Crippen molar-refractivity contribution < 1.29 is 23.1 Å². The Labute approximate surface area is 125 Å². The summed E-state index contributed by atoms with van der Waals surface area (Å²) in [5.74, 6) is -1.31. The van der Waals surface area contributed by atoms with Crippen molar-refractivity contribution in [2.75, 3.05) is 19.7 Å². The van der Waals surface area contributed by atoms with E-state index in [-0.39, 0.29) is 25.4 Å². The van der Waals surface area contributed by atoms with E-state index in [1.807, 2.05) is 0 Å². The van der Waals surface area contributed by atoms with Crippen molar-refractivity contribution in [2.45, 2.75) is 11.9 Å². The van der Waals surface area contributed by atoms with Crippen LogP contribution < -0.4 is 0 Å². The van der Waals surface area contributed by atoms with Crippen LogP contribution in [0, 0.1) is 0 Å². The van der Waals surface area contributed by atoms with Crippen LogP contribution in [0.25, 0.3) is 0 Å². The Morgan fingerprint density at radius 2 is 2.15 bits per heavy atom. The monoisotopic (exact) mass is 363 g/mol. The highest BCUT2D eigenvalue weighted by Gasteiger charge is 2.33. The maximum atomic E-state index is 12.3. The molecule has 0 aliphatic carbocycles. The highest BCUT2D eigenvalue weighted by Crippen LogP contribution is 2.21. The zero-order chi connectivity index (χ0) is 14.8. The standard InChI is InChI=1S/C12H14BrNO5S/c13-10-4-2-1-3-9(10)8-20(17,18)14-5-6-19-11(7-14)12(15)16/h1-4,11H,5-8H2,(H,15,16). The summed E-state index contributed by atoms with van der Waals surface area (Å²) in [5.41, 5.74) is 0.644. The third-order valence-corrected chi connectivity index (χ3v) is 5.56. The first kappa shape index (κ1) is 15.4. The quantitative estimate of drug-likeness (QED) is 0.864. The summed E-state index contributed by atoms with van der Waals surface area (Å²) in [7, 11) is -3.57. The molecule has 0 spiro atoms. The van der Waals surface area contributed by atoms with E-state index in [9.17, 15) is 13.2 Å². The summed E-state index contributed by atoms with van der Waals surface area (Å²) in [5, 5.41) is 8.90. The van der Waals surface area contributed by atoms with Gasteiger partial charge in [-0.25, -0.2) is 13.2 Å².